The van der Waals surface area contributed by atoms with Gasteiger partial charge >= 0.3 is 5.97 Å². The van der Waals surface area contributed by atoms with E-state index in [2.05, 4.69) is 5.32 Å². The summed E-state index contributed by atoms with van der Waals surface area (Å²) in [4.78, 5) is 60.7. The smallest absolute Gasteiger partial charge is 0.341 e. The lowest BCUT2D eigenvalue weighted by molar-refractivity contribution is -0.394. The molecule has 13 heteroatoms. The molecule has 176 valence electrons. The predicted molar refractivity (Wildman–Crippen MR) is 120 cm³/mol. The molecular formula is C20H22N4O8S. The van der Waals surface area contributed by atoms with E-state index in [-0.39, 0.29) is 28.0 Å². The maximum atomic E-state index is 12.9. The number of nitro groups is 2. The number of carbonyl (C=O) groups excluding carboxylic acids is 3. The van der Waals surface area contributed by atoms with E-state index in [1.165, 1.54) is 0 Å². The average molecular weight is 478 g/mol. The summed E-state index contributed by atoms with van der Waals surface area (Å²) >= 11 is 0.851. The van der Waals surface area contributed by atoms with Crippen molar-refractivity contribution in [2.45, 2.75) is 27.7 Å². The molecule has 0 fully saturated rings. The average Bonchev–Trinajstić information content (AvgIpc) is 3.09. The molecule has 0 aliphatic carbocycles. The summed E-state index contributed by atoms with van der Waals surface area (Å²) in [5, 5.41) is 24.7. The normalized spacial score (nSPS) is 10.4. The first-order valence-electron chi connectivity index (χ1n) is 9.91. The Morgan fingerprint density at radius 2 is 1.73 bits per heavy atom. The van der Waals surface area contributed by atoms with Crippen LogP contribution in [0.5, 0.6) is 0 Å². The molecule has 1 N–H and O–H groups in total. The van der Waals surface area contributed by atoms with E-state index in [9.17, 15) is 34.6 Å². The number of thiophene rings is 1. The molecule has 0 saturated heterocycles. The molecule has 2 rings (SSSR count). The number of nitro benzene ring substituents is 2. The molecule has 0 radical (unpaired) electrons. The van der Waals surface area contributed by atoms with Gasteiger partial charge in [0, 0.05) is 19.2 Å². The van der Waals surface area contributed by atoms with Crippen LogP contribution in [0.1, 0.15) is 56.7 Å². The van der Waals surface area contributed by atoms with Crippen LogP contribution in [-0.2, 0) is 4.74 Å². The van der Waals surface area contributed by atoms with Crippen molar-refractivity contribution in [2.75, 3.05) is 25.0 Å². The Balaban J connectivity index is 2.56. The van der Waals surface area contributed by atoms with Crippen LogP contribution >= 0.6 is 11.3 Å². The van der Waals surface area contributed by atoms with Crippen molar-refractivity contribution in [3.05, 3.63) is 60.0 Å². The van der Waals surface area contributed by atoms with Crippen LogP contribution in [0.15, 0.2) is 18.2 Å². The minimum Gasteiger partial charge on any atom is -0.462 e. The van der Waals surface area contributed by atoms with Gasteiger partial charge in [-0.3, -0.25) is 29.8 Å². The number of benzene rings is 1. The fourth-order valence-corrected chi connectivity index (χ4v) is 4.21. The van der Waals surface area contributed by atoms with Crippen LogP contribution < -0.4 is 5.32 Å². The summed E-state index contributed by atoms with van der Waals surface area (Å²) in [5.41, 5.74) is -1.49. The number of carbonyl (C=O) groups is 3. The van der Waals surface area contributed by atoms with Crippen LogP contribution in [0.3, 0.4) is 0 Å². The van der Waals surface area contributed by atoms with Gasteiger partial charge in [-0.2, -0.15) is 0 Å². The zero-order chi connectivity index (χ0) is 24.9. The summed E-state index contributed by atoms with van der Waals surface area (Å²) in [6.45, 7) is 7.65. The zero-order valence-electron chi connectivity index (χ0n) is 18.4. The molecule has 1 aromatic carbocycles. The lowest BCUT2D eigenvalue weighted by Crippen LogP contribution is -2.30. The second-order valence-electron chi connectivity index (χ2n) is 6.63. The largest absolute Gasteiger partial charge is 0.462 e. The highest BCUT2D eigenvalue weighted by molar-refractivity contribution is 7.18. The Labute approximate surface area is 192 Å². The first kappa shape index (κ1) is 25.4. The maximum Gasteiger partial charge on any atom is 0.341 e. The number of nitrogens with zero attached hydrogens (tertiary/aromatic N) is 3. The lowest BCUT2D eigenvalue weighted by atomic mass is 10.1. The number of ether oxygens (including phenoxy) is 1. The Morgan fingerprint density at radius 3 is 2.24 bits per heavy atom. The van der Waals surface area contributed by atoms with Crippen LogP contribution in [-0.4, -0.2) is 52.2 Å². The van der Waals surface area contributed by atoms with Gasteiger partial charge in [-0.05, 0) is 39.3 Å². The van der Waals surface area contributed by atoms with Gasteiger partial charge in [0.05, 0.1) is 33.0 Å². The van der Waals surface area contributed by atoms with Crippen LogP contribution in [0.4, 0.5) is 16.4 Å². The Morgan fingerprint density at radius 1 is 1.09 bits per heavy atom. The van der Waals surface area contributed by atoms with Gasteiger partial charge in [-0.25, -0.2) is 4.79 Å². The van der Waals surface area contributed by atoms with Gasteiger partial charge in [-0.15, -0.1) is 11.3 Å². The van der Waals surface area contributed by atoms with Crippen LogP contribution in [0, 0.1) is 27.2 Å². The van der Waals surface area contributed by atoms with Crippen LogP contribution in [0.2, 0.25) is 0 Å². The number of rotatable bonds is 9. The Kier molecular flexibility index (Phi) is 8.18. The topological polar surface area (TPSA) is 162 Å². The van der Waals surface area contributed by atoms with Gasteiger partial charge in [0.15, 0.2) is 0 Å². The molecule has 2 amide bonds. The maximum absolute atomic E-state index is 12.9. The molecule has 1 aromatic heterocycles. The first-order chi connectivity index (χ1) is 15.6. The monoisotopic (exact) mass is 478 g/mol. The molecule has 0 aliphatic heterocycles. The highest BCUT2D eigenvalue weighted by atomic mass is 32.1. The van der Waals surface area contributed by atoms with E-state index in [1.807, 2.05) is 0 Å². The molecule has 12 nitrogen and oxygen atoms in total. The van der Waals surface area contributed by atoms with E-state index in [0.29, 0.717) is 24.7 Å². The molecule has 0 atom stereocenters. The quantitative estimate of drug-likeness (QED) is 0.323. The third-order valence-electron chi connectivity index (χ3n) is 4.73. The third kappa shape index (κ3) is 5.31. The van der Waals surface area contributed by atoms with Crippen molar-refractivity contribution < 1.29 is 29.0 Å². The Bertz CT molecular complexity index is 1120. The number of nitrogens with one attached hydrogen (secondary N) is 1. The summed E-state index contributed by atoms with van der Waals surface area (Å²) in [6, 6.07) is 2.59. The molecule has 0 unspecified atom stereocenters. The van der Waals surface area contributed by atoms with Gasteiger partial charge in [0.25, 0.3) is 23.2 Å². The highest BCUT2D eigenvalue weighted by Crippen LogP contribution is 2.35. The van der Waals surface area contributed by atoms with Gasteiger partial charge in [0.1, 0.15) is 10.6 Å². The minimum atomic E-state index is -0.967. The molecule has 0 bridgehead atoms. The number of hydrogen-bond acceptors (Lipinski definition) is 9. The molecule has 1 heterocycles. The number of esters is 1. The van der Waals surface area contributed by atoms with E-state index in [4.69, 9.17) is 4.74 Å². The molecule has 0 aliphatic rings. The van der Waals surface area contributed by atoms with E-state index in [1.54, 1.807) is 32.6 Å². The third-order valence-corrected chi connectivity index (χ3v) is 5.93. The number of anilines is 1. The second-order valence-corrected chi connectivity index (χ2v) is 7.65. The zero-order valence-corrected chi connectivity index (χ0v) is 19.2. The predicted octanol–water partition coefficient (Wildman–Crippen LogP) is 3.78. The second kappa shape index (κ2) is 10.6. The lowest BCUT2D eigenvalue weighted by Gasteiger charge is -2.18. The fourth-order valence-electron chi connectivity index (χ4n) is 3.06. The summed E-state index contributed by atoms with van der Waals surface area (Å²) < 4.78 is 5.06. The number of hydrogen-bond donors (Lipinski definition) is 1. The van der Waals surface area contributed by atoms with E-state index < -0.39 is 38.7 Å². The standard InChI is InChI=1S/C20H22N4O8S/c1-5-22(6-2)19(26)16-11(4)15(20(27)32-7-3)18(33-16)21-17(25)13-9-8-12(23(28)29)10-14(13)24(30)31/h8-10H,5-7H2,1-4H3,(H,21,25). The van der Waals surface area contributed by atoms with Crippen molar-refractivity contribution in [2.24, 2.45) is 0 Å². The van der Waals surface area contributed by atoms with Crippen molar-refractivity contribution in [1.29, 1.82) is 0 Å². The van der Waals surface area contributed by atoms with E-state index in [0.717, 1.165) is 23.5 Å². The first-order valence-corrected chi connectivity index (χ1v) is 10.7. The molecule has 2 aromatic rings. The summed E-state index contributed by atoms with van der Waals surface area (Å²) in [6.07, 6.45) is 0. The fraction of sp³-hybridized carbons (Fsp3) is 0.350. The molecule has 33 heavy (non-hydrogen) atoms. The van der Waals surface area contributed by atoms with Crippen molar-refractivity contribution >= 4 is 45.5 Å². The van der Waals surface area contributed by atoms with Gasteiger partial charge in [0.2, 0.25) is 0 Å². The van der Waals surface area contributed by atoms with Crippen molar-refractivity contribution in [3.8, 4) is 0 Å². The SMILES string of the molecule is CCOC(=O)c1c(NC(=O)c2ccc([N+](=O)[O-])cc2[N+](=O)[O-])sc(C(=O)N(CC)CC)c1C. The summed E-state index contributed by atoms with van der Waals surface area (Å²) in [5.74, 6) is -2.07. The molecule has 0 saturated carbocycles. The molecular weight excluding hydrogens is 456 g/mol. The highest BCUT2D eigenvalue weighted by Gasteiger charge is 2.30. The van der Waals surface area contributed by atoms with E-state index >= 15 is 0 Å². The van der Waals surface area contributed by atoms with Crippen molar-refractivity contribution in [1.82, 2.24) is 4.90 Å². The van der Waals surface area contributed by atoms with Crippen LogP contribution in [0.25, 0.3) is 0 Å². The Hall–Kier alpha value is -3.87. The van der Waals surface area contributed by atoms with Crippen molar-refractivity contribution in [3.63, 3.8) is 0 Å². The number of non-ortho nitro benzene ring substituents is 1. The van der Waals surface area contributed by atoms with Gasteiger partial charge in [-0.1, -0.05) is 0 Å². The molecule has 0 spiro atoms. The number of amides is 2. The van der Waals surface area contributed by atoms with Gasteiger partial charge < -0.3 is 15.0 Å². The summed E-state index contributed by atoms with van der Waals surface area (Å²) in [7, 11) is 0. The minimum absolute atomic E-state index is 0.0147.